The topological polar surface area (TPSA) is 37.8 Å². The van der Waals surface area contributed by atoms with Crippen LogP contribution in [0.3, 0.4) is 0 Å². The summed E-state index contributed by atoms with van der Waals surface area (Å²) in [6.45, 7) is 6.08. The first-order valence-corrected chi connectivity index (χ1v) is 7.87. The van der Waals surface area contributed by atoms with Gasteiger partial charge in [-0.05, 0) is 25.5 Å². The maximum absolute atomic E-state index is 13.8. The zero-order valence-electron chi connectivity index (χ0n) is 11.9. The second-order valence-electron chi connectivity index (χ2n) is 4.67. The van der Waals surface area contributed by atoms with Crippen molar-refractivity contribution in [2.24, 2.45) is 0 Å². The van der Waals surface area contributed by atoms with E-state index in [-0.39, 0.29) is 5.82 Å². The fourth-order valence-corrected chi connectivity index (χ4v) is 3.10. The van der Waals surface area contributed by atoms with Gasteiger partial charge in [0, 0.05) is 23.2 Å². The summed E-state index contributed by atoms with van der Waals surface area (Å²) in [6, 6.07) is 1.69. The van der Waals surface area contributed by atoms with Crippen LogP contribution >= 0.6 is 11.3 Å². The lowest BCUT2D eigenvalue weighted by atomic mass is 10.2. The molecule has 0 unspecified atom stereocenters. The number of pyridine rings is 1. The van der Waals surface area contributed by atoms with Gasteiger partial charge < -0.3 is 5.32 Å². The molecule has 0 aromatic carbocycles. The summed E-state index contributed by atoms with van der Waals surface area (Å²) in [6.07, 6.45) is 5.93. The van der Waals surface area contributed by atoms with Crippen molar-refractivity contribution < 1.29 is 4.39 Å². The van der Waals surface area contributed by atoms with E-state index in [2.05, 4.69) is 29.1 Å². The molecule has 5 heteroatoms. The molecule has 0 fully saturated rings. The van der Waals surface area contributed by atoms with Crippen LogP contribution in [0.5, 0.6) is 0 Å². The van der Waals surface area contributed by atoms with Gasteiger partial charge in [-0.3, -0.25) is 4.98 Å². The number of hydrogen-bond acceptors (Lipinski definition) is 4. The molecule has 0 radical (unpaired) electrons. The van der Waals surface area contributed by atoms with Crippen molar-refractivity contribution in [1.29, 1.82) is 0 Å². The smallest absolute Gasteiger partial charge is 0.151 e. The van der Waals surface area contributed by atoms with Crippen molar-refractivity contribution in [2.45, 2.75) is 39.7 Å². The summed E-state index contributed by atoms with van der Waals surface area (Å²) in [5.41, 5.74) is 1.64. The number of nitrogens with one attached hydrogen (secondary N) is 1. The van der Waals surface area contributed by atoms with Crippen molar-refractivity contribution in [3.8, 4) is 10.6 Å². The average Bonchev–Trinajstić information content (AvgIpc) is 2.83. The third-order valence-corrected chi connectivity index (χ3v) is 4.11. The van der Waals surface area contributed by atoms with Crippen LogP contribution in [0.2, 0.25) is 0 Å². The number of halogens is 1. The number of thiazole rings is 1. The van der Waals surface area contributed by atoms with Gasteiger partial charge in [0.05, 0.1) is 11.9 Å². The minimum atomic E-state index is -0.308. The second kappa shape index (κ2) is 7.45. The van der Waals surface area contributed by atoms with E-state index in [1.165, 1.54) is 11.1 Å². The van der Waals surface area contributed by atoms with E-state index in [1.807, 2.05) is 0 Å². The quantitative estimate of drug-likeness (QED) is 0.789. The van der Waals surface area contributed by atoms with E-state index in [0.717, 1.165) is 43.1 Å². The van der Waals surface area contributed by atoms with Gasteiger partial charge in [0.1, 0.15) is 5.01 Å². The molecule has 0 amide bonds. The summed E-state index contributed by atoms with van der Waals surface area (Å²) in [4.78, 5) is 9.62. The van der Waals surface area contributed by atoms with Gasteiger partial charge in [0.15, 0.2) is 5.82 Å². The lowest BCUT2D eigenvalue weighted by molar-refractivity contribution is 0.625. The maximum atomic E-state index is 13.8. The molecule has 0 aliphatic rings. The number of aryl methyl sites for hydroxylation is 1. The molecule has 0 saturated heterocycles. The predicted molar refractivity (Wildman–Crippen MR) is 81.3 cm³/mol. The van der Waals surface area contributed by atoms with Crippen molar-refractivity contribution >= 4 is 11.3 Å². The molecule has 1 N–H and O–H groups in total. The molecule has 0 spiro atoms. The average molecular weight is 293 g/mol. The Morgan fingerprint density at radius 2 is 2.15 bits per heavy atom. The molecule has 2 heterocycles. The van der Waals surface area contributed by atoms with Gasteiger partial charge in [-0.15, -0.1) is 11.3 Å². The second-order valence-corrected chi connectivity index (χ2v) is 5.75. The third kappa shape index (κ3) is 3.61. The molecule has 2 aromatic heterocycles. The molecule has 3 nitrogen and oxygen atoms in total. The first-order valence-electron chi connectivity index (χ1n) is 7.05. The molecule has 2 rings (SSSR count). The summed E-state index contributed by atoms with van der Waals surface area (Å²) >= 11 is 1.58. The molecular weight excluding hydrogens is 273 g/mol. The highest BCUT2D eigenvalue weighted by Crippen LogP contribution is 2.30. The van der Waals surface area contributed by atoms with Crippen LogP contribution in [0.15, 0.2) is 18.5 Å². The van der Waals surface area contributed by atoms with Crippen molar-refractivity contribution in [3.05, 3.63) is 34.8 Å². The minimum absolute atomic E-state index is 0.308. The summed E-state index contributed by atoms with van der Waals surface area (Å²) in [5, 5.41) is 4.15. The zero-order chi connectivity index (χ0) is 14.4. The Bertz CT molecular complexity index is 554. The molecule has 0 aliphatic heterocycles. The molecule has 0 atom stereocenters. The molecular formula is C15H20FN3S. The highest BCUT2D eigenvalue weighted by Gasteiger charge is 2.14. The Balaban J connectivity index is 2.26. The van der Waals surface area contributed by atoms with Crippen molar-refractivity contribution in [2.75, 3.05) is 6.54 Å². The first kappa shape index (κ1) is 15.1. The van der Waals surface area contributed by atoms with Crippen LogP contribution in [0, 0.1) is 5.82 Å². The Morgan fingerprint density at radius 1 is 1.30 bits per heavy atom. The standard InChI is InChI=1S/C15H20FN3S/c1-3-5-13-14(10-17-7-4-2)20-15(19-13)11-6-8-18-9-12(11)16/h6,8-9,17H,3-5,7,10H2,1-2H3. The molecule has 0 saturated carbocycles. The zero-order valence-corrected chi connectivity index (χ0v) is 12.8. The van der Waals surface area contributed by atoms with Crippen molar-refractivity contribution in [1.82, 2.24) is 15.3 Å². The molecule has 2 aromatic rings. The van der Waals surface area contributed by atoms with Crippen LogP contribution in [-0.4, -0.2) is 16.5 Å². The fourth-order valence-electron chi connectivity index (χ4n) is 2.00. The highest BCUT2D eigenvalue weighted by molar-refractivity contribution is 7.15. The normalized spacial score (nSPS) is 10.9. The first-order chi connectivity index (χ1) is 9.76. The Labute approximate surface area is 123 Å². The Kier molecular flexibility index (Phi) is 5.61. The van der Waals surface area contributed by atoms with Crippen LogP contribution in [0.4, 0.5) is 4.39 Å². The van der Waals surface area contributed by atoms with E-state index in [4.69, 9.17) is 0 Å². The summed E-state index contributed by atoms with van der Waals surface area (Å²) < 4.78 is 13.8. The SMILES string of the molecule is CCCNCc1sc(-c2ccncc2F)nc1CCC. The fraction of sp³-hybridized carbons (Fsp3) is 0.467. The lowest BCUT2D eigenvalue weighted by Gasteiger charge is -2.02. The van der Waals surface area contributed by atoms with E-state index < -0.39 is 0 Å². The van der Waals surface area contributed by atoms with Gasteiger partial charge in [-0.1, -0.05) is 20.3 Å². The number of rotatable bonds is 7. The number of hydrogen-bond donors (Lipinski definition) is 1. The van der Waals surface area contributed by atoms with E-state index in [9.17, 15) is 4.39 Å². The molecule has 108 valence electrons. The third-order valence-electron chi connectivity index (χ3n) is 2.98. The molecule has 20 heavy (non-hydrogen) atoms. The highest BCUT2D eigenvalue weighted by atomic mass is 32.1. The van der Waals surface area contributed by atoms with Gasteiger partial charge in [0.2, 0.25) is 0 Å². The largest absolute Gasteiger partial charge is 0.312 e. The monoisotopic (exact) mass is 293 g/mol. The predicted octanol–water partition coefficient (Wildman–Crippen LogP) is 3.80. The van der Waals surface area contributed by atoms with Crippen LogP contribution < -0.4 is 5.32 Å². The van der Waals surface area contributed by atoms with Crippen molar-refractivity contribution in [3.63, 3.8) is 0 Å². The lowest BCUT2D eigenvalue weighted by Crippen LogP contribution is -2.13. The van der Waals surface area contributed by atoms with E-state index in [0.29, 0.717) is 5.56 Å². The number of nitrogens with zero attached hydrogens (tertiary/aromatic N) is 2. The van der Waals surface area contributed by atoms with Crippen LogP contribution in [-0.2, 0) is 13.0 Å². The van der Waals surface area contributed by atoms with Crippen LogP contribution in [0.1, 0.15) is 37.3 Å². The maximum Gasteiger partial charge on any atom is 0.151 e. The van der Waals surface area contributed by atoms with Gasteiger partial charge in [-0.25, -0.2) is 9.37 Å². The van der Waals surface area contributed by atoms with Crippen LogP contribution in [0.25, 0.3) is 10.6 Å². The summed E-state index contributed by atoms with van der Waals surface area (Å²) in [5.74, 6) is -0.308. The number of aromatic nitrogens is 2. The van der Waals surface area contributed by atoms with E-state index >= 15 is 0 Å². The van der Waals surface area contributed by atoms with Gasteiger partial charge in [0.25, 0.3) is 0 Å². The summed E-state index contributed by atoms with van der Waals surface area (Å²) in [7, 11) is 0. The van der Waals surface area contributed by atoms with E-state index in [1.54, 1.807) is 23.6 Å². The molecule has 0 aliphatic carbocycles. The van der Waals surface area contributed by atoms with Gasteiger partial charge >= 0.3 is 0 Å². The minimum Gasteiger partial charge on any atom is -0.312 e. The Morgan fingerprint density at radius 3 is 2.85 bits per heavy atom. The molecule has 0 bridgehead atoms. The Hall–Kier alpha value is -1.33. The van der Waals surface area contributed by atoms with Gasteiger partial charge in [-0.2, -0.15) is 0 Å².